The molecule has 110 valence electrons. The van der Waals surface area contributed by atoms with Gasteiger partial charge >= 0.3 is 0 Å². The monoisotopic (exact) mass is 279 g/mol. The molecule has 0 fully saturated rings. The van der Waals surface area contributed by atoms with Crippen molar-refractivity contribution in [2.75, 3.05) is 13.6 Å². The minimum Gasteiger partial charge on any atom is -0.319 e. The summed E-state index contributed by atoms with van der Waals surface area (Å²) in [4.78, 5) is 0. The van der Waals surface area contributed by atoms with E-state index in [0.29, 0.717) is 5.92 Å². The van der Waals surface area contributed by atoms with Crippen molar-refractivity contribution in [3.8, 4) is 0 Å². The zero-order chi connectivity index (χ0) is 14.5. The van der Waals surface area contributed by atoms with Gasteiger partial charge in [-0.05, 0) is 73.9 Å². The Balaban J connectivity index is 1.70. The van der Waals surface area contributed by atoms with Crippen LogP contribution in [-0.4, -0.2) is 13.6 Å². The maximum atomic E-state index is 3.36. The Bertz CT molecular complexity index is 574. The SMILES string of the molecule is CNCC(Cc1ccccc1)Cc1ccc2c(c1)CCC2. The maximum absolute atomic E-state index is 3.36. The second kappa shape index (κ2) is 6.91. The Labute approximate surface area is 128 Å². The van der Waals surface area contributed by atoms with Crippen molar-refractivity contribution in [1.29, 1.82) is 0 Å². The van der Waals surface area contributed by atoms with E-state index in [-0.39, 0.29) is 0 Å². The van der Waals surface area contributed by atoms with E-state index >= 15 is 0 Å². The zero-order valence-corrected chi connectivity index (χ0v) is 12.9. The van der Waals surface area contributed by atoms with Crippen LogP contribution in [0.1, 0.15) is 28.7 Å². The third-order valence-electron chi connectivity index (χ3n) is 4.55. The molecule has 1 N–H and O–H groups in total. The fourth-order valence-corrected chi connectivity index (χ4v) is 3.54. The first-order chi connectivity index (χ1) is 10.3. The van der Waals surface area contributed by atoms with E-state index in [2.05, 4.69) is 60.9 Å². The zero-order valence-electron chi connectivity index (χ0n) is 12.9. The molecule has 1 unspecified atom stereocenters. The van der Waals surface area contributed by atoms with Crippen LogP contribution in [0.15, 0.2) is 48.5 Å². The topological polar surface area (TPSA) is 12.0 Å². The van der Waals surface area contributed by atoms with Gasteiger partial charge in [-0.25, -0.2) is 0 Å². The Morgan fingerprint density at radius 2 is 1.67 bits per heavy atom. The summed E-state index contributed by atoms with van der Waals surface area (Å²) < 4.78 is 0. The molecule has 0 amide bonds. The lowest BCUT2D eigenvalue weighted by Crippen LogP contribution is -2.22. The van der Waals surface area contributed by atoms with Crippen LogP contribution in [0.5, 0.6) is 0 Å². The molecule has 1 atom stereocenters. The second-order valence-corrected chi connectivity index (χ2v) is 6.27. The van der Waals surface area contributed by atoms with Gasteiger partial charge in [0, 0.05) is 0 Å². The summed E-state index contributed by atoms with van der Waals surface area (Å²) in [6.45, 7) is 1.08. The van der Waals surface area contributed by atoms with Gasteiger partial charge in [-0.3, -0.25) is 0 Å². The molecule has 1 nitrogen and oxygen atoms in total. The molecule has 0 aliphatic heterocycles. The van der Waals surface area contributed by atoms with Crippen LogP contribution >= 0.6 is 0 Å². The minimum absolute atomic E-state index is 0.664. The predicted molar refractivity (Wildman–Crippen MR) is 89.7 cm³/mol. The summed E-state index contributed by atoms with van der Waals surface area (Å²) in [5.41, 5.74) is 6.12. The van der Waals surface area contributed by atoms with Crippen molar-refractivity contribution >= 4 is 0 Å². The smallest absolute Gasteiger partial charge is 0.00172 e. The van der Waals surface area contributed by atoms with Crippen LogP contribution in [-0.2, 0) is 25.7 Å². The number of hydrogen-bond donors (Lipinski definition) is 1. The molecule has 0 aromatic heterocycles. The lowest BCUT2D eigenvalue weighted by molar-refractivity contribution is 0.493. The fourth-order valence-electron chi connectivity index (χ4n) is 3.54. The highest BCUT2D eigenvalue weighted by molar-refractivity contribution is 5.35. The number of benzene rings is 2. The highest BCUT2D eigenvalue weighted by atomic mass is 14.8. The van der Waals surface area contributed by atoms with E-state index in [4.69, 9.17) is 0 Å². The van der Waals surface area contributed by atoms with E-state index < -0.39 is 0 Å². The van der Waals surface area contributed by atoms with Crippen molar-refractivity contribution in [2.24, 2.45) is 5.92 Å². The molecule has 2 aromatic rings. The van der Waals surface area contributed by atoms with Gasteiger partial charge in [0.1, 0.15) is 0 Å². The third-order valence-corrected chi connectivity index (χ3v) is 4.55. The van der Waals surface area contributed by atoms with Crippen molar-refractivity contribution in [3.63, 3.8) is 0 Å². The highest BCUT2D eigenvalue weighted by Gasteiger charge is 2.14. The summed E-state index contributed by atoms with van der Waals surface area (Å²) in [7, 11) is 2.06. The Hall–Kier alpha value is -1.60. The van der Waals surface area contributed by atoms with Crippen LogP contribution in [0.3, 0.4) is 0 Å². The van der Waals surface area contributed by atoms with E-state index in [1.807, 2.05) is 0 Å². The first kappa shape index (κ1) is 14.3. The molecule has 1 aliphatic rings. The molecule has 1 heteroatoms. The largest absolute Gasteiger partial charge is 0.319 e. The van der Waals surface area contributed by atoms with Crippen molar-refractivity contribution in [1.82, 2.24) is 5.32 Å². The summed E-state index contributed by atoms with van der Waals surface area (Å²) in [5, 5.41) is 3.36. The van der Waals surface area contributed by atoms with Gasteiger partial charge in [0.15, 0.2) is 0 Å². The van der Waals surface area contributed by atoms with Gasteiger partial charge in [0.2, 0.25) is 0 Å². The third kappa shape index (κ3) is 3.74. The molecule has 3 rings (SSSR count). The Morgan fingerprint density at radius 3 is 2.48 bits per heavy atom. The molecular weight excluding hydrogens is 254 g/mol. The van der Waals surface area contributed by atoms with Crippen molar-refractivity contribution in [3.05, 3.63) is 70.8 Å². The lowest BCUT2D eigenvalue weighted by Gasteiger charge is -2.17. The predicted octanol–water partition coefficient (Wildman–Crippen LogP) is 3.80. The van der Waals surface area contributed by atoms with E-state index in [1.54, 1.807) is 11.1 Å². The van der Waals surface area contributed by atoms with E-state index in [0.717, 1.165) is 13.0 Å². The summed E-state index contributed by atoms with van der Waals surface area (Å²) in [5.74, 6) is 0.664. The van der Waals surface area contributed by atoms with Crippen LogP contribution < -0.4 is 5.32 Å². The second-order valence-electron chi connectivity index (χ2n) is 6.27. The number of aryl methyl sites for hydroxylation is 2. The average Bonchev–Trinajstić information content (AvgIpc) is 2.96. The first-order valence-corrected chi connectivity index (χ1v) is 8.14. The summed E-state index contributed by atoms with van der Waals surface area (Å²) >= 11 is 0. The molecule has 0 saturated carbocycles. The normalized spacial score (nSPS) is 14.9. The van der Waals surface area contributed by atoms with Gasteiger partial charge in [-0.1, -0.05) is 48.5 Å². The molecule has 0 radical (unpaired) electrons. The van der Waals surface area contributed by atoms with Crippen LogP contribution in [0.25, 0.3) is 0 Å². The fraction of sp³-hybridized carbons (Fsp3) is 0.400. The maximum Gasteiger partial charge on any atom is -0.00172 e. The standard InChI is InChI=1S/C20H25N/c1-21-15-18(12-16-6-3-2-4-7-16)13-17-10-11-19-8-5-9-20(19)14-17/h2-4,6-7,10-11,14,18,21H,5,8-9,12-13,15H2,1H3. The van der Waals surface area contributed by atoms with Gasteiger partial charge in [0.05, 0.1) is 0 Å². The van der Waals surface area contributed by atoms with Crippen molar-refractivity contribution in [2.45, 2.75) is 32.1 Å². The molecular formula is C20H25N. The average molecular weight is 279 g/mol. The van der Waals surface area contributed by atoms with Gasteiger partial charge in [-0.15, -0.1) is 0 Å². The van der Waals surface area contributed by atoms with Gasteiger partial charge < -0.3 is 5.32 Å². The number of nitrogens with one attached hydrogen (secondary N) is 1. The highest BCUT2D eigenvalue weighted by Crippen LogP contribution is 2.24. The molecule has 0 saturated heterocycles. The number of hydrogen-bond acceptors (Lipinski definition) is 1. The molecule has 0 spiro atoms. The summed E-state index contributed by atoms with van der Waals surface area (Å²) in [6.07, 6.45) is 6.21. The lowest BCUT2D eigenvalue weighted by atomic mass is 9.91. The number of fused-ring (bicyclic) bond motifs is 1. The molecule has 21 heavy (non-hydrogen) atoms. The van der Waals surface area contributed by atoms with Gasteiger partial charge in [-0.2, -0.15) is 0 Å². The van der Waals surface area contributed by atoms with Crippen LogP contribution in [0.2, 0.25) is 0 Å². The molecule has 1 aliphatic carbocycles. The van der Waals surface area contributed by atoms with E-state index in [1.165, 1.54) is 36.8 Å². The Morgan fingerprint density at radius 1 is 0.905 bits per heavy atom. The first-order valence-electron chi connectivity index (χ1n) is 8.14. The van der Waals surface area contributed by atoms with Gasteiger partial charge in [0.25, 0.3) is 0 Å². The van der Waals surface area contributed by atoms with Crippen LogP contribution in [0.4, 0.5) is 0 Å². The Kier molecular flexibility index (Phi) is 4.72. The van der Waals surface area contributed by atoms with Crippen molar-refractivity contribution < 1.29 is 0 Å². The quantitative estimate of drug-likeness (QED) is 0.848. The minimum atomic E-state index is 0.664. The molecule has 2 aromatic carbocycles. The number of rotatable bonds is 6. The molecule has 0 heterocycles. The van der Waals surface area contributed by atoms with Crippen LogP contribution in [0, 0.1) is 5.92 Å². The van der Waals surface area contributed by atoms with E-state index in [9.17, 15) is 0 Å². The summed E-state index contributed by atoms with van der Waals surface area (Å²) in [6, 6.07) is 18.0. The molecule has 0 bridgehead atoms.